The van der Waals surface area contributed by atoms with Crippen LogP contribution in [0.4, 0.5) is 0 Å². The summed E-state index contributed by atoms with van der Waals surface area (Å²) < 4.78 is 16.5. The molecule has 0 radical (unpaired) electrons. The molecular weight excluding hydrogens is 452 g/mol. The minimum absolute atomic E-state index is 0.332. The second-order valence-electron chi connectivity index (χ2n) is 8.62. The average Bonchev–Trinajstić information content (AvgIpc) is 2.89. The lowest BCUT2D eigenvalue weighted by Gasteiger charge is -2.15. The van der Waals surface area contributed by atoms with Crippen LogP contribution in [0.1, 0.15) is 50.5 Å². The molecule has 2 atom stereocenters. The van der Waals surface area contributed by atoms with Crippen LogP contribution in [0.15, 0.2) is 78.9 Å². The lowest BCUT2D eigenvalue weighted by molar-refractivity contribution is -0.156. The summed E-state index contributed by atoms with van der Waals surface area (Å²) in [5.74, 6) is 0.432. The summed E-state index contributed by atoms with van der Waals surface area (Å²) in [4.78, 5) is 12.1. The molecule has 5 nitrogen and oxygen atoms in total. The van der Waals surface area contributed by atoms with E-state index in [1.165, 1.54) is 0 Å². The third-order valence-corrected chi connectivity index (χ3v) is 5.94. The Morgan fingerprint density at radius 3 is 2.31 bits per heavy atom. The highest BCUT2D eigenvalue weighted by Crippen LogP contribution is 2.25. The molecule has 36 heavy (non-hydrogen) atoms. The molecular formula is C31H36O5. The van der Waals surface area contributed by atoms with Gasteiger partial charge in [-0.25, -0.2) is 4.79 Å². The van der Waals surface area contributed by atoms with Crippen molar-refractivity contribution in [2.24, 2.45) is 0 Å². The minimum Gasteiger partial charge on any atom is -0.490 e. The van der Waals surface area contributed by atoms with E-state index < -0.39 is 12.2 Å². The van der Waals surface area contributed by atoms with Gasteiger partial charge in [0.1, 0.15) is 12.4 Å². The van der Waals surface area contributed by atoms with Crippen LogP contribution in [0.25, 0.3) is 16.7 Å². The largest absolute Gasteiger partial charge is 0.490 e. The fourth-order valence-electron chi connectivity index (χ4n) is 3.87. The van der Waals surface area contributed by atoms with Crippen LogP contribution in [0, 0.1) is 0 Å². The molecule has 0 saturated carbocycles. The van der Waals surface area contributed by atoms with Crippen molar-refractivity contribution < 1.29 is 24.1 Å². The molecule has 0 heterocycles. The number of benzene rings is 3. The lowest BCUT2D eigenvalue weighted by Crippen LogP contribution is -2.28. The van der Waals surface area contributed by atoms with Crippen LogP contribution < -0.4 is 4.74 Å². The first-order chi connectivity index (χ1) is 17.4. The highest BCUT2D eigenvalue weighted by molar-refractivity contribution is 5.75. The topological polar surface area (TPSA) is 65.0 Å². The predicted molar refractivity (Wildman–Crippen MR) is 144 cm³/mol. The standard InChI is InChI=1S/C31H36O5/c1-5-34-30(31(33)35-6-2)20-24-10-16-29(17-11-24)36-19-18-22(3)25-12-14-26(15-13-25)28-9-7-8-27(21-28)23(4)32/h7-18,21,23,30,32H,5-6,19-20H2,1-4H3/t23-,30-/m0/s1. The molecule has 0 aliphatic carbocycles. The fourth-order valence-corrected chi connectivity index (χ4v) is 3.87. The smallest absolute Gasteiger partial charge is 0.335 e. The summed E-state index contributed by atoms with van der Waals surface area (Å²) in [6.45, 7) is 8.74. The Morgan fingerprint density at radius 2 is 1.67 bits per heavy atom. The Bertz CT molecular complexity index is 1130. The van der Waals surface area contributed by atoms with E-state index in [4.69, 9.17) is 14.2 Å². The maximum Gasteiger partial charge on any atom is 0.335 e. The first-order valence-corrected chi connectivity index (χ1v) is 12.5. The van der Waals surface area contributed by atoms with Gasteiger partial charge in [-0.1, -0.05) is 54.6 Å². The van der Waals surface area contributed by atoms with E-state index in [9.17, 15) is 9.90 Å². The zero-order chi connectivity index (χ0) is 25.9. The van der Waals surface area contributed by atoms with E-state index in [-0.39, 0.29) is 5.97 Å². The van der Waals surface area contributed by atoms with E-state index in [2.05, 4.69) is 43.3 Å². The number of ether oxygens (including phenoxy) is 3. The monoisotopic (exact) mass is 488 g/mol. The second-order valence-corrected chi connectivity index (χ2v) is 8.62. The van der Waals surface area contributed by atoms with Gasteiger partial charge in [0.15, 0.2) is 6.10 Å². The summed E-state index contributed by atoms with van der Waals surface area (Å²) in [6, 6.07) is 24.1. The number of carbonyl (C=O) groups excluding carboxylic acids is 1. The van der Waals surface area contributed by atoms with Crippen molar-refractivity contribution in [1.82, 2.24) is 0 Å². The molecule has 0 spiro atoms. The van der Waals surface area contributed by atoms with E-state index in [1.807, 2.05) is 49.4 Å². The lowest BCUT2D eigenvalue weighted by atomic mass is 9.98. The zero-order valence-electron chi connectivity index (χ0n) is 21.6. The molecule has 3 aromatic carbocycles. The number of hydrogen-bond acceptors (Lipinski definition) is 5. The second kappa shape index (κ2) is 13.6. The molecule has 0 aromatic heterocycles. The van der Waals surface area contributed by atoms with Crippen molar-refractivity contribution in [2.75, 3.05) is 19.8 Å². The molecule has 0 fully saturated rings. The summed E-state index contributed by atoms with van der Waals surface area (Å²) in [6.07, 6.45) is 1.44. The third-order valence-electron chi connectivity index (χ3n) is 5.94. The van der Waals surface area contributed by atoms with E-state index in [1.54, 1.807) is 13.8 Å². The van der Waals surface area contributed by atoms with Crippen LogP contribution in [-0.2, 0) is 20.7 Å². The SMILES string of the molecule is CCOC(=O)[C@H](Cc1ccc(OCC=C(C)c2ccc(-c3cccc([C@H](C)O)c3)cc2)cc1)OCC. The van der Waals surface area contributed by atoms with Gasteiger partial charge in [-0.15, -0.1) is 0 Å². The van der Waals surface area contributed by atoms with Crippen LogP contribution >= 0.6 is 0 Å². The Labute approximate surface area is 214 Å². The van der Waals surface area contributed by atoms with Gasteiger partial charge >= 0.3 is 5.97 Å². The molecule has 190 valence electrons. The molecule has 0 saturated heterocycles. The number of aliphatic hydroxyl groups excluding tert-OH is 1. The summed E-state index contributed by atoms with van der Waals surface area (Å²) >= 11 is 0. The number of aliphatic hydroxyl groups is 1. The number of allylic oxidation sites excluding steroid dienone is 1. The van der Waals surface area contributed by atoms with Crippen molar-refractivity contribution in [1.29, 1.82) is 0 Å². The van der Waals surface area contributed by atoms with Crippen molar-refractivity contribution in [3.8, 4) is 16.9 Å². The molecule has 0 aliphatic rings. The molecule has 0 aliphatic heterocycles. The molecule has 0 bridgehead atoms. The van der Waals surface area contributed by atoms with Crippen LogP contribution in [0.3, 0.4) is 0 Å². The van der Waals surface area contributed by atoms with E-state index >= 15 is 0 Å². The Hall–Kier alpha value is -3.41. The highest BCUT2D eigenvalue weighted by atomic mass is 16.6. The molecule has 0 amide bonds. The average molecular weight is 489 g/mol. The highest BCUT2D eigenvalue weighted by Gasteiger charge is 2.20. The van der Waals surface area contributed by atoms with Gasteiger partial charge < -0.3 is 19.3 Å². The first-order valence-electron chi connectivity index (χ1n) is 12.5. The normalized spacial score (nSPS) is 13.2. The summed E-state index contributed by atoms with van der Waals surface area (Å²) in [5, 5.41) is 9.84. The maximum atomic E-state index is 12.1. The van der Waals surface area contributed by atoms with Crippen molar-refractivity contribution in [3.63, 3.8) is 0 Å². The first kappa shape index (κ1) is 27.2. The van der Waals surface area contributed by atoms with Gasteiger partial charge in [0.25, 0.3) is 0 Å². The van der Waals surface area contributed by atoms with Crippen LogP contribution in [0.2, 0.25) is 0 Å². The van der Waals surface area contributed by atoms with Gasteiger partial charge in [-0.3, -0.25) is 0 Å². The summed E-state index contributed by atoms with van der Waals surface area (Å²) in [7, 11) is 0. The Morgan fingerprint density at radius 1 is 0.944 bits per heavy atom. The third kappa shape index (κ3) is 7.80. The number of carbonyl (C=O) groups is 1. The van der Waals surface area contributed by atoms with Gasteiger partial charge in [0.05, 0.1) is 12.7 Å². The van der Waals surface area contributed by atoms with E-state index in [0.29, 0.717) is 26.2 Å². The maximum absolute atomic E-state index is 12.1. The predicted octanol–water partition coefficient (Wildman–Crippen LogP) is 6.40. The van der Waals surface area contributed by atoms with Gasteiger partial charge in [-0.05, 0) is 85.4 Å². The van der Waals surface area contributed by atoms with Crippen LogP contribution in [-0.4, -0.2) is 37.0 Å². The minimum atomic E-state index is -0.596. The van der Waals surface area contributed by atoms with E-state index in [0.717, 1.165) is 39.1 Å². The van der Waals surface area contributed by atoms with Crippen LogP contribution in [0.5, 0.6) is 5.75 Å². The summed E-state index contributed by atoms with van der Waals surface area (Å²) in [5.41, 5.74) is 6.35. The Balaban J connectivity index is 1.56. The zero-order valence-corrected chi connectivity index (χ0v) is 21.6. The van der Waals surface area contributed by atoms with Crippen molar-refractivity contribution >= 4 is 11.5 Å². The van der Waals surface area contributed by atoms with Gasteiger partial charge in [0.2, 0.25) is 0 Å². The number of rotatable bonds is 12. The van der Waals surface area contributed by atoms with Gasteiger partial charge in [0, 0.05) is 13.0 Å². The molecule has 3 rings (SSSR count). The number of hydrogen-bond donors (Lipinski definition) is 1. The molecule has 5 heteroatoms. The number of esters is 1. The van der Waals surface area contributed by atoms with Crippen molar-refractivity contribution in [3.05, 3.63) is 95.6 Å². The fraction of sp³-hybridized carbons (Fsp3) is 0.323. The quantitative estimate of drug-likeness (QED) is 0.299. The molecule has 1 N–H and O–H groups in total. The van der Waals surface area contributed by atoms with Crippen molar-refractivity contribution in [2.45, 2.75) is 46.3 Å². The van der Waals surface area contributed by atoms with Gasteiger partial charge in [-0.2, -0.15) is 0 Å². The molecule has 0 unspecified atom stereocenters. The molecule has 3 aromatic rings. The Kier molecular flexibility index (Phi) is 10.3.